The van der Waals surface area contributed by atoms with Gasteiger partial charge in [0.15, 0.2) is 0 Å². The molecule has 1 aromatic carbocycles. The number of alkyl halides is 1. The summed E-state index contributed by atoms with van der Waals surface area (Å²) in [6.45, 7) is 8.91. The first-order valence-corrected chi connectivity index (χ1v) is 6.18. The second kappa shape index (κ2) is 4.97. The average molecular weight is 255 g/mol. The molecule has 0 saturated heterocycles. The maximum Gasteiger partial charge on any atom is 0.0418 e. The van der Waals surface area contributed by atoms with Crippen LogP contribution >= 0.6 is 15.9 Å². The topological polar surface area (TPSA) is 0 Å². The molecule has 0 aliphatic rings. The molecule has 0 aliphatic carbocycles. The van der Waals surface area contributed by atoms with Crippen molar-refractivity contribution in [3.05, 3.63) is 35.4 Å². The summed E-state index contributed by atoms with van der Waals surface area (Å²) in [5.41, 5.74) is 2.79. The van der Waals surface area contributed by atoms with E-state index in [-0.39, 0.29) is 0 Å². The molecule has 1 aromatic rings. The molecule has 0 bridgehead atoms. The molecule has 78 valence electrons. The third kappa shape index (κ3) is 2.84. The van der Waals surface area contributed by atoms with Gasteiger partial charge in [-0.05, 0) is 23.0 Å². The van der Waals surface area contributed by atoms with Crippen LogP contribution in [0.15, 0.2) is 24.3 Å². The monoisotopic (exact) mass is 254 g/mol. The third-order valence-electron chi connectivity index (χ3n) is 2.51. The second-order valence-corrected chi connectivity index (χ2v) is 5.45. The van der Waals surface area contributed by atoms with Crippen LogP contribution in [0.2, 0.25) is 0 Å². The van der Waals surface area contributed by atoms with Crippen LogP contribution in [0.1, 0.15) is 49.6 Å². The number of halogens is 1. The lowest BCUT2D eigenvalue weighted by Crippen LogP contribution is -1.99. The lowest BCUT2D eigenvalue weighted by atomic mass is 9.98. The summed E-state index contributed by atoms with van der Waals surface area (Å²) >= 11 is 3.71. The Morgan fingerprint density at radius 3 is 1.64 bits per heavy atom. The van der Waals surface area contributed by atoms with Crippen molar-refractivity contribution >= 4 is 15.9 Å². The molecular weight excluding hydrogens is 236 g/mol. The molecule has 0 fully saturated rings. The SMILES string of the molecule is CC(C)c1ccc(C(Br)C(C)C)cc1. The minimum atomic E-state index is 0.476. The second-order valence-electron chi connectivity index (χ2n) is 4.47. The van der Waals surface area contributed by atoms with Crippen LogP contribution in [-0.4, -0.2) is 0 Å². The molecule has 1 unspecified atom stereocenters. The highest BCUT2D eigenvalue weighted by Crippen LogP contribution is 2.31. The molecule has 0 aromatic heterocycles. The van der Waals surface area contributed by atoms with E-state index in [4.69, 9.17) is 0 Å². The van der Waals surface area contributed by atoms with Gasteiger partial charge in [-0.1, -0.05) is 67.9 Å². The first-order chi connectivity index (χ1) is 6.52. The Bertz CT molecular complexity index is 272. The summed E-state index contributed by atoms with van der Waals surface area (Å²) in [5, 5.41) is 0. The van der Waals surface area contributed by atoms with Gasteiger partial charge in [0.1, 0.15) is 0 Å². The zero-order valence-corrected chi connectivity index (χ0v) is 11.0. The van der Waals surface area contributed by atoms with Crippen molar-refractivity contribution in [3.8, 4) is 0 Å². The van der Waals surface area contributed by atoms with Gasteiger partial charge in [0.05, 0.1) is 0 Å². The van der Waals surface area contributed by atoms with Crippen LogP contribution < -0.4 is 0 Å². The van der Waals surface area contributed by atoms with E-state index in [1.165, 1.54) is 11.1 Å². The zero-order chi connectivity index (χ0) is 10.7. The Kier molecular flexibility index (Phi) is 4.18. The van der Waals surface area contributed by atoms with Crippen molar-refractivity contribution in [2.24, 2.45) is 5.92 Å². The summed E-state index contributed by atoms with van der Waals surface area (Å²) in [6, 6.07) is 8.93. The minimum absolute atomic E-state index is 0.476. The molecule has 0 N–H and O–H groups in total. The Labute approximate surface area is 95.9 Å². The van der Waals surface area contributed by atoms with Crippen molar-refractivity contribution in [1.82, 2.24) is 0 Å². The minimum Gasteiger partial charge on any atom is -0.0836 e. The summed E-state index contributed by atoms with van der Waals surface area (Å²) < 4.78 is 0. The lowest BCUT2D eigenvalue weighted by Gasteiger charge is -2.15. The van der Waals surface area contributed by atoms with Crippen LogP contribution in [-0.2, 0) is 0 Å². The Balaban J connectivity index is 2.83. The van der Waals surface area contributed by atoms with Gasteiger partial charge < -0.3 is 0 Å². The van der Waals surface area contributed by atoms with Crippen molar-refractivity contribution in [3.63, 3.8) is 0 Å². The van der Waals surface area contributed by atoms with Crippen molar-refractivity contribution in [2.75, 3.05) is 0 Å². The molecule has 14 heavy (non-hydrogen) atoms. The van der Waals surface area contributed by atoms with E-state index in [1.54, 1.807) is 0 Å². The number of benzene rings is 1. The van der Waals surface area contributed by atoms with Gasteiger partial charge in [-0.3, -0.25) is 0 Å². The number of hydrogen-bond donors (Lipinski definition) is 0. The number of hydrogen-bond acceptors (Lipinski definition) is 0. The van der Waals surface area contributed by atoms with Gasteiger partial charge >= 0.3 is 0 Å². The van der Waals surface area contributed by atoms with Gasteiger partial charge in [-0.2, -0.15) is 0 Å². The zero-order valence-electron chi connectivity index (χ0n) is 9.42. The van der Waals surface area contributed by atoms with Gasteiger partial charge in [0.2, 0.25) is 0 Å². The maximum atomic E-state index is 3.71. The molecule has 0 heterocycles. The molecule has 1 rings (SSSR count). The number of rotatable bonds is 3. The summed E-state index contributed by atoms with van der Waals surface area (Å²) in [7, 11) is 0. The van der Waals surface area contributed by atoms with Crippen molar-refractivity contribution in [2.45, 2.75) is 38.4 Å². The largest absolute Gasteiger partial charge is 0.0836 e. The van der Waals surface area contributed by atoms with E-state index >= 15 is 0 Å². The highest BCUT2D eigenvalue weighted by Gasteiger charge is 2.11. The van der Waals surface area contributed by atoms with E-state index in [0.717, 1.165) is 0 Å². The van der Waals surface area contributed by atoms with Gasteiger partial charge in [0, 0.05) is 4.83 Å². The molecule has 1 heteroatoms. The molecule has 0 radical (unpaired) electrons. The predicted octanol–water partition coefficient (Wildman–Crippen LogP) is 4.90. The van der Waals surface area contributed by atoms with E-state index in [9.17, 15) is 0 Å². The normalized spacial score (nSPS) is 13.6. The van der Waals surface area contributed by atoms with Crippen molar-refractivity contribution < 1.29 is 0 Å². The average Bonchev–Trinajstić information content (AvgIpc) is 2.16. The first-order valence-electron chi connectivity index (χ1n) is 5.26. The van der Waals surface area contributed by atoms with Gasteiger partial charge in [0.25, 0.3) is 0 Å². The molecule has 1 atom stereocenters. The fraction of sp³-hybridized carbons (Fsp3) is 0.538. The summed E-state index contributed by atoms with van der Waals surface area (Å²) in [4.78, 5) is 0.476. The van der Waals surface area contributed by atoms with Crippen LogP contribution in [0.25, 0.3) is 0 Å². The van der Waals surface area contributed by atoms with E-state index in [2.05, 4.69) is 67.9 Å². The highest BCUT2D eigenvalue weighted by molar-refractivity contribution is 9.09. The molecule has 0 amide bonds. The fourth-order valence-corrected chi connectivity index (χ4v) is 1.75. The smallest absolute Gasteiger partial charge is 0.0418 e. The molecular formula is C13H19Br. The van der Waals surface area contributed by atoms with Crippen LogP contribution in [0.4, 0.5) is 0 Å². The highest BCUT2D eigenvalue weighted by atomic mass is 79.9. The first kappa shape index (κ1) is 11.8. The molecule has 0 spiro atoms. The summed E-state index contributed by atoms with van der Waals surface area (Å²) in [6.07, 6.45) is 0. The Morgan fingerprint density at radius 2 is 1.29 bits per heavy atom. The fourth-order valence-electron chi connectivity index (χ4n) is 1.45. The quantitative estimate of drug-likeness (QED) is 0.674. The van der Waals surface area contributed by atoms with E-state index < -0.39 is 0 Å². The third-order valence-corrected chi connectivity index (χ3v) is 4.09. The van der Waals surface area contributed by atoms with Crippen LogP contribution in [0.5, 0.6) is 0 Å². The van der Waals surface area contributed by atoms with E-state index in [1.807, 2.05) is 0 Å². The van der Waals surface area contributed by atoms with Crippen LogP contribution in [0.3, 0.4) is 0 Å². The van der Waals surface area contributed by atoms with Crippen LogP contribution in [0, 0.1) is 5.92 Å². The standard InChI is InChI=1S/C13H19Br/c1-9(2)11-5-7-12(8-6-11)13(14)10(3)4/h5-10,13H,1-4H3. The molecule has 0 nitrogen and oxygen atoms in total. The lowest BCUT2D eigenvalue weighted by molar-refractivity contribution is 0.641. The van der Waals surface area contributed by atoms with E-state index in [0.29, 0.717) is 16.7 Å². The Morgan fingerprint density at radius 1 is 0.857 bits per heavy atom. The maximum absolute atomic E-state index is 3.71. The molecule has 0 saturated carbocycles. The van der Waals surface area contributed by atoms with Crippen molar-refractivity contribution in [1.29, 1.82) is 0 Å². The summed E-state index contributed by atoms with van der Waals surface area (Å²) in [5.74, 6) is 1.26. The predicted molar refractivity (Wildman–Crippen MR) is 67.0 cm³/mol. The van der Waals surface area contributed by atoms with Gasteiger partial charge in [-0.15, -0.1) is 0 Å². The molecule has 0 aliphatic heterocycles. The Hall–Kier alpha value is -0.300. The van der Waals surface area contributed by atoms with Gasteiger partial charge in [-0.25, -0.2) is 0 Å².